The largest absolute Gasteiger partial charge is 0.586 e. The molecule has 1 aliphatic rings. The molecule has 0 aromatic heterocycles. The van der Waals surface area contributed by atoms with Gasteiger partial charge in [0.15, 0.2) is 11.5 Å². The van der Waals surface area contributed by atoms with E-state index in [1.54, 1.807) is 36.4 Å². The van der Waals surface area contributed by atoms with E-state index in [-0.39, 0.29) is 23.8 Å². The highest BCUT2D eigenvalue weighted by Gasteiger charge is 2.44. The van der Waals surface area contributed by atoms with Crippen LogP contribution in [-0.4, -0.2) is 42.0 Å². The van der Waals surface area contributed by atoms with Crippen LogP contribution in [0.2, 0.25) is 0 Å². The van der Waals surface area contributed by atoms with Crippen LogP contribution in [0.25, 0.3) is 0 Å². The molecule has 0 unspecified atom stereocenters. The van der Waals surface area contributed by atoms with Crippen LogP contribution in [-0.2, 0) is 17.8 Å². The fourth-order valence-corrected chi connectivity index (χ4v) is 5.06. The van der Waals surface area contributed by atoms with E-state index in [2.05, 4.69) is 33.9 Å². The van der Waals surface area contributed by atoms with Crippen LogP contribution in [0.4, 0.5) is 8.78 Å². The molecule has 0 aliphatic carbocycles. The SMILES string of the molecule is O=C(O)Cc1cccc(OCCCN(Cc2cccc3c2OC(F)(F)O3)CC(c2ccccc2)c2ccccc2)c1. The van der Waals surface area contributed by atoms with E-state index < -0.39 is 12.3 Å². The summed E-state index contributed by atoms with van der Waals surface area (Å²) >= 11 is 0. The van der Waals surface area contributed by atoms with Gasteiger partial charge in [-0.1, -0.05) is 84.9 Å². The Morgan fingerprint density at radius 2 is 1.56 bits per heavy atom. The molecule has 4 aromatic rings. The number of alkyl halides is 2. The van der Waals surface area contributed by atoms with Gasteiger partial charge in [0.1, 0.15) is 5.75 Å². The van der Waals surface area contributed by atoms with Crippen molar-refractivity contribution >= 4 is 5.97 Å². The second kappa shape index (κ2) is 12.8. The van der Waals surface area contributed by atoms with Gasteiger partial charge in [-0.3, -0.25) is 9.69 Å². The summed E-state index contributed by atoms with van der Waals surface area (Å²) in [5, 5.41) is 9.07. The van der Waals surface area contributed by atoms with Crippen LogP contribution in [0.3, 0.4) is 0 Å². The summed E-state index contributed by atoms with van der Waals surface area (Å²) in [6.07, 6.45) is -3.11. The molecule has 8 heteroatoms. The van der Waals surface area contributed by atoms with Crippen molar-refractivity contribution in [2.24, 2.45) is 0 Å². The Morgan fingerprint density at radius 3 is 2.24 bits per heavy atom. The monoisotopic (exact) mass is 559 g/mol. The van der Waals surface area contributed by atoms with E-state index in [1.165, 1.54) is 6.07 Å². The number of nitrogens with zero attached hydrogens (tertiary/aromatic N) is 1. The Labute approximate surface area is 237 Å². The second-order valence-electron chi connectivity index (χ2n) is 9.94. The predicted molar refractivity (Wildman–Crippen MR) is 151 cm³/mol. The lowest BCUT2D eigenvalue weighted by Crippen LogP contribution is -2.31. The van der Waals surface area contributed by atoms with Crippen molar-refractivity contribution in [1.29, 1.82) is 0 Å². The lowest BCUT2D eigenvalue weighted by atomic mass is 9.90. The first-order valence-corrected chi connectivity index (χ1v) is 13.5. The van der Waals surface area contributed by atoms with E-state index in [9.17, 15) is 13.6 Å². The fraction of sp³-hybridized carbons (Fsp3) is 0.242. The molecule has 1 aliphatic heterocycles. The fourth-order valence-electron chi connectivity index (χ4n) is 5.06. The zero-order chi connectivity index (χ0) is 28.7. The Morgan fingerprint density at radius 1 is 0.878 bits per heavy atom. The maximum Gasteiger partial charge on any atom is 0.586 e. The van der Waals surface area contributed by atoms with Crippen molar-refractivity contribution in [3.8, 4) is 17.2 Å². The first-order chi connectivity index (χ1) is 19.9. The summed E-state index contributed by atoms with van der Waals surface area (Å²) in [6.45, 7) is 2.01. The highest BCUT2D eigenvalue weighted by molar-refractivity contribution is 5.70. The van der Waals surface area contributed by atoms with E-state index in [1.807, 2.05) is 36.4 Å². The summed E-state index contributed by atoms with van der Waals surface area (Å²) in [4.78, 5) is 13.3. The summed E-state index contributed by atoms with van der Waals surface area (Å²) < 4.78 is 43.3. The number of fused-ring (bicyclic) bond motifs is 1. The average molecular weight is 560 g/mol. The summed E-state index contributed by atoms with van der Waals surface area (Å²) in [7, 11) is 0. The van der Waals surface area contributed by atoms with E-state index in [0.29, 0.717) is 49.5 Å². The third-order valence-corrected chi connectivity index (χ3v) is 6.89. The first kappa shape index (κ1) is 28.1. The Balaban J connectivity index is 1.34. The van der Waals surface area contributed by atoms with Gasteiger partial charge in [0.25, 0.3) is 0 Å². The number of halogens is 2. The third-order valence-electron chi connectivity index (χ3n) is 6.89. The molecule has 4 aromatic carbocycles. The minimum Gasteiger partial charge on any atom is -0.494 e. The number of hydrogen-bond donors (Lipinski definition) is 1. The van der Waals surface area contributed by atoms with Crippen LogP contribution < -0.4 is 14.2 Å². The number of carboxylic acid groups (broad SMARTS) is 1. The predicted octanol–water partition coefficient (Wildman–Crippen LogP) is 6.74. The van der Waals surface area contributed by atoms with Gasteiger partial charge in [0.2, 0.25) is 0 Å². The molecule has 0 bridgehead atoms. The molecular weight excluding hydrogens is 528 g/mol. The highest BCUT2D eigenvalue weighted by Crippen LogP contribution is 2.43. The first-order valence-electron chi connectivity index (χ1n) is 13.5. The minimum atomic E-state index is -3.69. The van der Waals surface area contributed by atoms with Gasteiger partial charge in [0.05, 0.1) is 13.0 Å². The molecule has 212 valence electrons. The molecule has 6 nitrogen and oxygen atoms in total. The number of para-hydroxylation sites is 1. The van der Waals surface area contributed by atoms with Gasteiger partial charge in [-0.25, -0.2) is 0 Å². The number of aliphatic carboxylic acids is 1. The zero-order valence-electron chi connectivity index (χ0n) is 22.4. The molecular formula is C33H31F2NO5. The third kappa shape index (κ3) is 7.61. The van der Waals surface area contributed by atoms with Crippen LogP contribution in [0, 0.1) is 0 Å². The van der Waals surface area contributed by atoms with Gasteiger partial charge in [-0.05, 0) is 41.3 Å². The Hall–Kier alpha value is -4.43. The molecule has 1 N–H and O–H groups in total. The molecule has 0 atom stereocenters. The second-order valence-corrected chi connectivity index (χ2v) is 9.94. The lowest BCUT2D eigenvalue weighted by molar-refractivity contribution is -0.287. The summed E-state index contributed by atoms with van der Waals surface area (Å²) in [5.41, 5.74) is 3.59. The van der Waals surface area contributed by atoms with Crippen LogP contribution >= 0.6 is 0 Å². The molecule has 0 saturated heterocycles. The molecule has 5 rings (SSSR count). The Bertz CT molecular complexity index is 1410. The summed E-state index contributed by atoms with van der Waals surface area (Å²) in [5.74, 6) is -0.162. The van der Waals surface area contributed by atoms with Crippen molar-refractivity contribution in [2.75, 3.05) is 19.7 Å². The van der Waals surface area contributed by atoms with Gasteiger partial charge >= 0.3 is 12.3 Å². The topological polar surface area (TPSA) is 68.2 Å². The molecule has 0 radical (unpaired) electrons. The number of ether oxygens (including phenoxy) is 3. The van der Waals surface area contributed by atoms with Crippen molar-refractivity contribution in [3.05, 3.63) is 125 Å². The number of rotatable bonds is 13. The van der Waals surface area contributed by atoms with E-state index in [4.69, 9.17) is 14.6 Å². The van der Waals surface area contributed by atoms with Gasteiger partial charge < -0.3 is 19.3 Å². The minimum absolute atomic E-state index is 0.0275. The smallest absolute Gasteiger partial charge is 0.494 e. The zero-order valence-corrected chi connectivity index (χ0v) is 22.4. The Kier molecular flexibility index (Phi) is 8.79. The summed E-state index contributed by atoms with van der Waals surface area (Å²) in [6, 6.07) is 32.4. The van der Waals surface area contributed by atoms with Crippen molar-refractivity contribution < 1.29 is 32.9 Å². The van der Waals surface area contributed by atoms with Crippen LogP contribution in [0.5, 0.6) is 17.2 Å². The number of hydrogen-bond acceptors (Lipinski definition) is 5. The van der Waals surface area contributed by atoms with E-state index in [0.717, 1.165) is 11.1 Å². The van der Waals surface area contributed by atoms with Crippen LogP contribution in [0.15, 0.2) is 103 Å². The van der Waals surface area contributed by atoms with Gasteiger partial charge in [0, 0.05) is 31.1 Å². The lowest BCUT2D eigenvalue weighted by Gasteiger charge is -2.29. The van der Waals surface area contributed by atoms with Crippen molar-refractivity contribution in [1.82, 2.24) is 4.90 Å². The molecule has 1 heterocycles. The van der Waals surface area contributed by atoms with Gasteiger partial charge in [-0.2, -0.15) is 0 Å². The van der Waals surface area contributed by atoms with Gasteiger partial charge in [-0.15, -0.1) is 8.78 Å². The molecule has 0 amide bonds. The maximum atomic E-state index is 13.9. The number of carboxylic acids is 1. The van der Waals surface area contributed by atoms with Crippen molar-refractivity contribution in [3.63, 3.8) is 0 Å². The highest BCUT2D eigenvalue weighted by atomic mass is 19.3. The maximum absolute atomic E-state index is 13.9. The van der Waals surface area contributed by atoms with Crippen LogP contribution in [0.1, 0.15) is 34.6 Å². The number of carbonyl (C=O) groups is 1. The molecule has 41 heavy (non-hydrogen) atoms. The van der Waals surface area contributed by atoms with Crippen molar-refractivity contribution in [2.45, 2.75) is 31.6 Å². The molecule has 0 saturated carbocycles. The molecule has 0 spiro atoms. The number of benzene rings is 4. The molecule has 0 fully saturated rings. The average Bonchev–Trinajstić information content (AvgIpc) is 3.29. The quantitative estimate of drug-likeness (QED) is 0.183. The van der Waals surface area contributed by atoms with E-state index >= 15 is 0 Å². The normalized spacial score (nSPS) is 13.5. The standard InChI is InChI=1S/C33H31F2NO5/c34-33(35)40-30-17-8-15-27(32(30)41-33)22-36(18-9-19-39-28-16-7-10-24(20-28)21-31(37)38)23-29(25-11-3-1-4-12-25)26-13-5-2-6-14-26/h1-8,10-17,20,29H,9,18-19,21-23H2,(H,37,38).